The zero-order valence-electron chi connectivity index (χ0n) is 12.5. The third-order valence-corrected chi connectivity index (χ3v) is 4.39. The molecule has 0 spiro atoms. The summed E-state index contributed by atoms with van der Waals surface area (Å²) < 4.78 is 7.75. The van der Waals surface area contributed by atoms with Crippen LogP contribution in [0.1, 0.15) is 11.3 Å². The fourth-order valence-electron chi connectivity index (χ4n) is 2.38. The molecule has 0 amide bonds. The average Bonchev–Trinajstić information content (AvgIpc) is 3.19. The number of hydrogen-bond acceptors (Lipinski definition) is 5. The lowest BCUT2D eigenvalue weighted by molar-refractivity contribution is 0.465. The largest absolute Gasteiger partial charge is 0.411 e. The summed E-state index contributed by atoms with van der Waals surface area (Å²) in [5, 5.41) is 8.81. The number of rotatable bonds is 4. The SMILES string of the molecule is Cc1ccccc1-c1nnc(SCc2cn3ccccc3n2)o1. The van der Waals surface area contributed by atoms with Crippen molar-refractivity contribution in [3.05, 3.63) is 66.1 Å². The highest BCUT2D eigenvalue weighted by atomic mass is 32.2. The van der Waals surface area contributed by atoms with Crippen LogP contribution in [0.25, 0.3) is 17.1 Å². The molecular weight excluding hydrogens is 308 g/mol. The maximum Gasteiger partial charge on any atom is 0.277 e. The molecule has 0 saturated heterocycles. The molecule has 114 valence electrons. The van der Waals surface area contributed by atoms with Gasteiger partial charge in [0, 0.05) is 23.7 Å². The standard InChI is InChI=1S/C17H14N4OS/c1-12-6-2-3-7-14(12)16-19-20-17(22-16)23-11-13-10-21-9-5-4-8-15(21)18-13/h2-10H,11H2,1H3. The summed E-state index contributed by atoms with van der Waals surface area (Å²) in [7, 11) is 0. The number of aromatic nitrogens is 4. The van der Waals surface area contributed by atoms with Gasteiger partial charge < -0.3 is 8.82 Å². The number of aryl methyl sites for hydroxylation is 1. The number of thioether (sulfide) groups is 1. The van der Waals surface area contributed by atoms with Crippen LogP contribution in [0, 0.1) is 6.92 Å². The van der Waals surface area contributed by atoms with E-state index in [1.54, 1.807) is 0 Å². The maximum atomic E-state index is 5.75. The molecule has 0 fully saturated rings. The fourth-order valence-corrected chi connectivity index (χ4v) is 3.03. The number of benzene rings is 1. The number of pyridine rings is 1. The maximum absolute atomic E-state index is 5.75. The van der Waals surface area contributed by atoms with Crippen LogP contribution in [0.15, 0.2) is 64.5 Å². The van der Waals surface area contributed by atoms with Gasteiger partial charge in [-0.15, -0.1) is 10.2 Å². The molecule has 3 aromatic heterocycles. The van der Waals surface area contributed by atoms with Crippen LogP contribution in [0.4, 0.5) is 0 Å². The van der Waals surface area contributed by atoms with Crippen LogP contribution < -0.4 is 0 Å². The van der Waals surface area contributed by atoms with E-state index in [2.05, 4.69) is 15.2 Å². The summed E-state index contributed by atoms with van der Waals surface area (Å²) in [6, 6.07) is 13.9. The lowest BCUT2D eigenvalue weighted by Crippen LogP contribution is -1.81. The van der Waals surface area contributed by atoms with Gasteiger partial charge in [0.1, 0.15) is 5.65 Å². The molecule has 4 aromatic rings. The highest BCUT2D eigenvalue weighted by molar-refractivity contribution is 7.98. The van der Waals surface area contributed by atoms with E-state index in [1.165, 1.54) is 11.8 Å². The van der Waals surface area contributed by atoms with Crippen molar-refractivity contribution in [1.82, 2.24) is 19.6 Å². The van der Waals surface area contributed by atoms with E-state index in [4.69, 9.17) is 4.42 Å². The topological polar surface area (TPSA) is 56.2 Å². The Hall–Kier alpha value is -2.60. The van der Waals surface area contributed by atoms with Gasteiger partial charge in [-0.05, 0) is 30.7 Å². The van der Waals surface area contributed by atoms with E-state index in [1.807, 2.05) is 66.2 Å². The Bertz CT molecular complexity index is 927. The molecule has 5 nitrogen and oxygen atoms in total. The Morgan fingerprint density at radius 2 is 1.96 bits per heavy atom. The van der Waals surface area contributed by atoms with Crippen LogP contribution in [-0.2, 0) is 5.75 Å². The second kappa shape index (κ2) is 5.89. The number of hydrogen-bond donors (Lipinski definition) is 0. The van der Waals surface area contributed by atoms with Crippen molar-refractivity contribution in [3.63, 3.8) is 0 Å². The average molecular weight is 322 g/mol. The zero-order valence-corrected chi connectivity index (χ0v) is 13.3. The third-order valence-electron chi connectivity index (χ3n) is 3.54. The van der Waals surface area contributed by atoms with Crippen molar-refractivity contribution in [2.45, 2.75) is 17.9 Å². The number of fused-ring (bicyclic) bond motifs is 1. The first-order valence-electron chi connectivity index (χ1n) is 7.24. The van der Waals surface area contributed by atoms with Crippen LogP contribution in [-0.4, -0.2) is 19.6 Å². The van der Waals surface area contributed by atoms with Gasteiger partial charge in [0.25, 0.3) is 5.22 Å². The van der Waals surface area contributed by atoms with Crippen LogP contribution in [0.5, 0.6) is 0 Å². The van der Waals surface area contributed by atoms with Crippen LogP contribution in [0.3, 0.4) is 0 Å². The normalized spacial score (nSPS) is 11.2. The highest BCUT2D eigenvalue weighted by Crippen LogP contribution is 2.27. The number of nitrogens with zero attached hydrogens (tertiary/aromatic N) is 4. The molecule has 0 radical (unpaired) electrons. The quantitative estimate of drug-likeness (QED) is 0.532. The lowest BCUT2D eigenvalue weighted by Gasteiger charge is -1.98. The van der Waals surface area contributed by atoms with Crippen LogP contribution in [0.2, 0.25) is 0 Å². The first-order chi connectivity index (χ1) is 11.3. The Balaban J connectivity index is 1.51. The van der Waals surface area contributed by atoms with Gasteiger partial charge in [0.05, 0.1) is 5.69 Å². The van der Waals surface area contributed by atoms with Gasteiger partial charge in [-0.1, -0.05) is 36.0 Å². The van der Waals surface area contributed by atoms with Crippen molar-refractivity contribution in [1.29, 1.82) is 0 Å². The Labute approximate surface area is 137 Å². The Kier molecular flexibility index (Phi) is 3.59. The molecule has 0 unspecified atom stereocenters. The predicted molar refractivity (Wildman–Crippen MR) is 89.2 cm³/mol. The molecule has 0 N–H and O–H groups in total. The second-order valence-corrected chi connectivity index (χ2v) is 6.10. The fraction of sp³-hybridized carbons (Fsp3) is 0.118. The van der Waals surface area contributed by atoms with Gasteiger partial charge in [0.15, 0.2) is 0 Å². The Morgan fingerprint density at radius 1 is 1.09 bits per heavy atom. The monoisotopic (exact) mass is 322 g/mol. The van der Waals surface area contributed by atoms with Gasteiger partial charge in [0.2, 0.25) is 5.89 Å². The van der Waals surface area contributed by atoms with Crippen molar-refractivity contribution >= 4 is 17.4 Å². The van der Waals surface area contributed by atoms with Crippen molar-refractivity contribution in [2.75, 3.05) is 0 Å². The molecule has 0 aliphatic rings. The molecule has 3 heterocycles. The van der Waals surface area contributed by atoms with E-state index >= 15 is 0 Å². The summed E-state index contributed by atoms with van der Waals surface area (Å²) >= 11 is 1.49. The molecular formula is C17H14N4OS. The highest BCUT2D eigenvalue weighted by Gasteiger charge is 2.11. The molecule has 1 aromatic carbocycles. The third kappa shape index (κ3) is 2.85. The van der Waals surface area contributed by atoms with E-state index in [9.17, 15) is 0 Å². The van der Waals surface area contributed by atoms with Gasteiger partial charge in [-0.2, -0.15) is 0 Å². The zero-order chi connectivity index (χ0) is 15.6. The molecule has 0 saturated carbocycles. The summed E-state index contributed by atoms with van der Waals surface area (Å²) in [6.45, 7) is 2.03. The summed E-state index contributed by atoms with van der Waals surface area (Å²) in [4.78, 5) is 4.56. The number of imidazole rings is 1. The van der Waals surface area contributed by atoms with Crippen LogP contribution >= 0.6 is 11.8 Å². The summed E-state index contributed by atoms with van der Waals surface area (Å²) in [6.07, 6.45) is 4.00. The van der Waals surface area contributed by atoms with E-state index < -0.39 is 0 Å². The predicted octanol–water partition coefficient (Wildman–Crippen LogP) is 3.99. The molecule has 23 heavy (non-hydrogen) atoms. The van der Waals surface area contributed by atoms with E-state index in [-0.39, 0.29) is 0 Å². The van der Waals surface area contributed by atoms with E-state index in [0.29, 0.717) is 16.9 Å². The molecule has 0 aliphatic carbocycles. The van der Waals surface area contributed by atoms with Gasteiger partial charge in [-0.25, -0.2) is 4.98 Å². The van der Waals surface area contributed by atoms with Crippen molar-refractivity contribution in [3.8, 4) is 11.5 Å². The lowest BCUT2D eigenvalue weighted by atomic mass is 10.1. The minimum absolute atomic E-state index is 0.556. The first-order valence-corrected chi connectivity index (χ1v) is 8.23. The van der Waals surface area contributed by atoms with Crippen molar-refractivity contribution in [2.24, 2.45) is 0 Å². The van der Waals surface area contributed by atoms with Crippen molar-refractivity contribution < 1.29 is 4.42 Å². The summed E-state index contributed by atoms with van der Waals surface area (Å²) in [5.41, 5.74) is 4.01. The van der Waals surface area contributed by atoms with Gasteiger partial charge >= 0.3 is 0 Å². The first kappa shape index (κ1) is 14.0. The molecule has 6 heteroatoms. The second-order valence-electron chi connectivity index (χ2n) is 5.18. The summed E-state index contributed by atoms with van der Waals surface area (Å²) in [5.74, 6) is 1.25. The molecule has 0 atom stereocenters. The van der Waals surface area contributed by atoms with Gasteiger partial charge in [-0.3, -0.25) is 0 Å². The molecule has 4 rings (SSSR count). The molecule has 0 aliphatic heterocycles. The minimum Gasteiger partial charge on any atom is -0.411 e. The smallest absolute Gasteiger partial charge is 0.277 e. The van der Waals surface area contributed by atoms with E-state index in [0.717, 1.165) is 22.5 Å². The Morgan fingerprint density at radius 3 is 2.83 bits per heavy atom. The minimum atomic E-state index is 0.556. The molecule has 0 bridgehead atoms.